The predicted molar refractivity (Wildman–Crippen MR) is 177 cm³/mol. The van der Waals surface area contributed by atoms with Gasteiger partial charge in [0.2, 0.25) is 11.8 Å². The Morgan fingerprint density at radius 2 is 1.83 bits per heavy atom. The summed E-state index contributed by atoms with van der Waals surface area (Å²) in [6.07, 6.45) is 4.25. The normalized spacial score (nSPS) is 28.5. The molecule has 5 bridgehead atoms. The number of amides is 4. The first kappa shape index (κ1) is 34.3. The second-order valence-corrected chi connectivity index (χ2v) is 13.5. The fourth-order valence-electron chi connectivity index (χ4n) is 6.25. The molecule has 4 heterocycles. The first-order valence-electron chi connectivity index (χ1n) is 16.4. The van der Waals surface area contributed by atoms with Crippen LogP contribution in [0.4, 0.5) is 5.82 Å². The summed E-state index contributed by atoms with van der Waals surface area (Å²) >= 11 is 0. The van der Waals surface area contributed by atoms with Crippen LogP contribution in [0.5, 0.6) is 0 Å². The molecule has 1 aromatic carbocycles. The molecule has 254 valence electrons. The highest BCUT2D eigenvalue weighted by Gasteiger charge is 2.37. The second-order valence-electron chi connectivity index (χ2n) is 13.5. The smallest absolute Gasteiger partial charge is 0.258 e. The van der Waals surface area contributed by atoms with E-state index in [0.717, 1.165) is 29.3 Å². The molecule has 47 heavy (non-hydrogen) atoms. The van der Waals surface area contributed by atoms with Crippen molar-refractivity contribution in [3.05, 3.63) is 42.0 Å². The third kappa shape index (κ3) is 8.27. The van der Waals surface area contributed by atoms with Gasteiger partial charge in [-0.2, -0.15) is 0 Å². The van der Waals surface area contributed by atoms with Crippen molar-refractivity contribution in [1.29, 1.82) is 0 Å². The summed E-state index contributed by atoms with van der Waals surface area (Å²) in [4.78, 5) is 59.1. The number of carbonyl (C=O) groups is 4. The van der Waals surface area contributed by atoms with E-state index < -0.39 is 41.7 Å². The van der Waals surface area contributed by atoms with Crippen LogP contribution in [-0.4, -0.2) is 94.8 Å². The number of hydrazine groups is 2. The fraction of sp³-hybridized carbons (Fsp3) is 0.559. The van der Waals surface area contributed by atoms with Crippen LogP contribution in [0.3, 0.4) is 0 Å². The Morgan fingerprint density at radius 1 is 1.09 bits per heavy atom. The number of aliphatic hydroxyl groups excluding tert-OH is 1. The summed E-state index contributed by atoms with van der Waals surface area (Å²) < 4.78 is 6.12. The zero-order valence-corrected chi connectivity index (χ0v) is 27.9. The molecule has 0 saturated carbocycles. The van der Waals surface area contributed by atoms with Gasteiger partial charge in [0.05, 0.1) is 5.52 Å². The van der Waals surface area contributed by atoms with Crippen molar-refractivity contribution in [3.8, 4) is 0 Å². The Balaban J connectivity index is 1.46. The minimum Gasteiger partial charge on any atom is -0.367 e. The van der Waals surface area contributed by atoms with Crippen LogP contribution in [0.15, 0.2) is 36.4 Å². The van der Waals surface area contributed by atoms with Crippen LogP contribution >= 0.6 is 0 Å². The molecule has 1 aromatic heterocycles. The zero-order valence-electron chi connectivity index (χ0n) is 27.9. The summed E-state index contributed by atoms with van der Waals surface area (Å²) in [5.41, 5.74) is 6.56. The molecule has 0 aliphatic carbocycles. The maximum atomic E-state index is 13.8. The molecular formula is C34H47N7O6. The Labute approximate surface area is 275 Å². The van der Waals surface area contributed by atoms with Crippen molar-refractivity contribution < 1.29 is 29.0 Å². The van der Waals surface area contributed by atoms with Crippen LogP contribution < -0.4 is 21.2 Å². The summed E-state index contributed by atoms with van der Waals surface area (Å²) in [7, 11) is 1.71. The highest BCUT2D eigenvalue weighted by Crippen LogP contribution is 2.30. The molecule has 2 fully saturated rings. The van der Waals surface area contributed by atoms with Gasteiger partial charge in [0, 0.05) is 44.4 Å². The van der Waals surface area contributed by atoms with E-state index in [1.165, 1.54) is 11.9 Å². The Bertz CT molecular complexity index is 1530. The van der Waals surface area contributed by atoms with Gasteiger partial charge in [-0.15, -0.1) is 0 Å². The molecule has 3 aliphatic rings. The van der Waals surface area contributed by atoms with E-state index in [-0.39, 0.29) is 24.2 Å². The third-order valence-corrected chi connectivity index (χ3v) is 9.26. The van der Waals surface area contributed by atoms with E-state index in [4.69, 9.17) is 9.72 Å². The zero-order chi connectivity index (χ0) is 33.9. The summed E-state index contributed by atoms with van der Waals surface area (Å²) in [5, 5.41) is 18.0. The van der Waals surface area contributed by atoms with Crippen molar-refractivity contribution in [2.75, 3.05) is 31.7 Å². The lowest BCUT2D eigenvalue weighted by Gasteiger charge is -2.37. The van der Waals surface area contributed by atoms with Gasteiger partial charge < -0.3 is 20.1 Å². The average molecular weight is 650 g/mol. The van der Waals surface area contributed by atoms with Crippen molar-refractivity contribution in [2.45, 2.75) is 84.3 Å². The molecule has 0 radical (unpaired) electrons. The molecule has 4 N–H and O–H groups in total. The van der Waals surface area contributed by atoms with Crippen molar-refractivity contribution in [3.63, 3.8) is 0 Å². The topological polar surface area (TPSA) is 156 Å². The van der Waals surface area contributed by atoms with E-state index in [9.17, 15) is 24.3 Å². The van der Waals surface area contributed by atoms with Gasteiger partial charge in [-0.25, -0.2) is 10.4 Å². The lowest BCUT2D eigenvalue weighted by molar-refractivity contribution is -0.190. The second kappa shape index (κ2) is 14.4. The van der Waals surface area contributed by atoms with Gasteiger partial charge in [-0.05, 0) is 68.7 Å². The third-order valence-electron chi connectivity index (χ3n) is 9.26. The average Bonchev–Trinajstić information content (AvgIpc) is 3.05. The molecule has 5 atom stereocenters. The molecule has 13 heteroatoms. The van der Waals surface area contributed by atoms with Gasteiger partial charge in [0.1, 0.15) is 24.0 Å². The summed E-state index contributed by atoms with van der Waals surface area (Å²) in [6, 6.07) is 7.96. The Hall–Kier alpha value is -4.07. The number of benzene rings is 1. The summed E-state index contributed by atoms with van der Waals surface area (Å²) in [5.74, 6) is -0.750. The quantitative estimate of drug-likeness (QED) is 0.383. The van der Waals surface area contributed by atoms with E-state index in [1.807, 2.05) is 56.3 Å². The first-order valence-corrected chi connectivity index (χ1v) is 16.4. The van der Waals surface area contributed by atoms with Crippen LogP contribution in [0.2, 0.25) is 0 Å². The number of hydrogen-bond acceptors (Lipinski definition) is 9. The minimum absolute atomic E-state index is 0.0223. The maximum Gasteiger partial charge on any atom is 0.258 e. The monoisotopic (exact) mass is 649 g/mol. The van der Waals surface area contributed by atoms with E-state index in [2.05, 4.69) is 16.2 Å². The van der Waals surface area contributed by atoms with Crippen molar-refractivity contribution in [2.24, 2.45) is 11.3 Å². The van der Waals surface area contributed by atoms with Crippen LogP contribution in [0.1, 0.15) is 65.4 Å². The molecule has 13 nitrogen and oxygen atoms in total. The van der Waals surface area contributed by atoms with E-state index in [0.29, 0.717) is 38.3 Å². The number of ether oxygens (including phenoxy) is 1. The van der Waals surface area contributed by atoms with Crippen LogP contribution in [-0.2, 0) is 23.9 Å². The molecule has 2 aromatic rings. The number of pyridine rings is 1. The highest BCUT2D eigenvalue weighted by atomic mass is 16.6. The molecular weight excluding hydrogens is 602 g/mol. The number of aromatic nitrogens is 1. The number of likely N-dealkylation sites (tertiary alicyclic amines) is 1. The Kier molecular flexibility index (Phi) is 10.5. The number of hydrogen-bond donors (Lipinski definition) is 4. The van der Waals surface area contributed by atoms with Gasteiger partial charge >= 0.3 is 0 Å². The Morgan fingerprint density at radius 3 is 2.60 bits per heavy atom. The van der Waals surface area contributed by atoms with Crippen LogP contribution in [0.25, 0.3) is 17.0 Å². The molecule has 2 saturated heterocycles. The largest absolute Gasteiger partial charge is 0.367 e. The lowest BCUT2D eigenvalue weighted by atomic mass is 9.89. The molecule has 3 aliphatic heterocycles. The molecule has 5 rings (SSSR count). The number of nitrogens with zero attached hydrogens (tertiary/aromatic N) is 4. The SMILES string of the molecule is CC(=O)N1CCC[C@@H](C[C@@H]2OC(O)C(C)(C)/C=C/c3ccc4ccc(nc4c3)N(C)NC(=O)[C@@H]3CCCN(N3)C(=O)[C@H](C)NC2=O)C1. The van der Waals surface area contributed by atoms with Crippen LogP contribution in [0, 0.1) is 11.3 Å². The number of rotatable bonds is 2. The van der Waals surface area contributed by atoms with Gasteiger partial charge in [-0.1, -0.05) is 38.1 Å². The maximum absolute atomic E-state index is 13.8. The molecule has 1 unspecified atom stereocenters. The number of piperidine rings is 1. The van der Waals surface area contributed by atoms with E-state index >= 15 is 0 Å². The molecule has 0 spiro atoms. The highest BCUT2D eigenvalue weighted by molar-refractivity contribution is 5.90. The number of aliphatic hydroxyl groups is 1. The summed E-state index contributed by atoms with van der Waals surface area (Å²) in [6.45, 7) is 8.28. The number of carbonyl (C=O) groups excluding carboxylic acids is 4. The van der Waals surface area contributed by atoms with Crippen molar-refractivity contribution >= 4 is 46.4 Å². The van der Waals surface area contributed by atoms with E-state index in [1.54, 1.807) is 23.9 Å². The fourth-order valence-corrected chi connectivity index (χ4v) is 6.25. The minimum atomic E-state index is -1.36. The van der Waals surface area contributed by atoms with Gasteiger partial charge in [0.15, 0.2) is 6.29 Å². The molecule has 4 amide bonds. The van der Waals surface area contributed by atoms with Gasteiger partial charge in [-0.3, -0.25) is 34.6 Å². The van der Waals surface area contributed by atoms with Gasteiger partial charge in [0.25, 0.3) is 11.8 Å². The number of anilines is 1. The number of fused-ring (bicyclic) bond motifs is 4. The lowest BCUT2D eigenvalue weighted by Crippen LogP contribution is -2.62. The number of nitrogens with one attached hydrogen (secondary N) is 3. The first-order chi connectivity index (χ1) is 22.3. The standard InChI is InChI=1S/C34H47N7O6/c1-21-32(45)41-17-7-9-26(37-41)30(43)38-39(5)29-13-12-25-11-10-23(18-27(25)36-29)14-15-34(3,4)33(46)47-28(31(44)35-21)19-24-8-6-16-40(20-24)22(2)42/h10-15,18,21,24,26,28,33,37,46H,6-9,16-17,19-20H2,1-5H3,(H,35,44)(H,38,43)/b15-14+/t21-,24-,26-,28-,33?/m0/s1. The predicted octanol–water partition coefficient (Wildman–Crippen LogP) is 2.11. The van der Waals surface area contributed by atoms with Crippen molar-refractivity contribution in [1.82, 2.24) is 31.1 Å².